The van der Waals surface area contributed by atoms with Crippen molar-refractivity contribution in [3.8, 4) is 11.5 Å². The molecular weight excluding hydrogens is 244 g/mol. The highest BCUT2D eigenvalue weighted by atomic mass is 16.5. The molecule has 0 unspecified atom stereocenters. The Kier molecular flexibility index (Phi) is 6.19. The molecule has 0 bridgehead atoms. The number of aromatic carboxylic acids is 1. The Bertz CT molecular complexity index is 415. The van der Waals surface area contributed by atoms with Crippen LogP contribution in [0.4, 0.5) is 0 Å². The van der Waals surface area contributed by atoms with Crippen molar-refractivity contribution in [3.05, 3.63) is 23.8 Å². The fraction of sp³-hybridized carbons (Fsp3) is 0.533. The second kappa shape index (κ2) is 7.67. The predicted molar refractivity (Wildman–Crippen MR) is 74.1 cm³/mol. The molecule has 1 aromatic carbocycles. The van der Waals surface area contributed by atoms with Gasteiger partial charge in [-0.1, -0.05) is 20.3 Å². The van der Waals surface area contributed by atoms with E-state index in [-0.39, 0.29) is 5.56 Å². The maximum atomic E-state index is 10.9. The van der Waals surface area contributed by atoms with Gasteiger partial charge in [0, 0.05) is 0 Å². The lowest BCUT2D eigenvalue weighted by Gasteiger charge is -2.12. The van der Waals surface area contributed by atoms with E-state index in [2.05, 4.69) is 13.8 Å². The van der Waals surface area contributed by atoms with Crippen molar-refractivity contribution >= 4 is 5.97 Å². The number of benzene rings is 1. The van der Waals surface area contributed by atoms with E-state index < -0.39 is 5.97 Å². The zero-order valence-electron chi connectivity index (χ0n) is 11.8. The molecule has 4 nitrogen and oxygen atoms in total. The van der Waals surface area contributed by atoms with Gasteiger partial charge in [0.2, 0.25) is 0 Å². The van der Waals surface area contributed by atoms with Gasteiger partial charge in [0.05, 0.1) is 19.3 Å². The smallest absolute Gasteiger partial charge is 0.335 e. The minimum atomic E-state index is -0.971. The van der Waals surface area contributed by atoms with Gasteiger partial charge in [-0.2, -0.15) is 0 Å². The van der Waals surface area contributed by atoms with Crippen LogP contribution in [0.25, 0.3) is 0 Å². The van der Waals surface area contributed by atoms with Crippen LogP contribution in [-0.4, -0.2) is 24.8 Å². The van der Waals surface area contributed by atoms with Crippen LogP contribution in [0.3, 0.4) is 0 Å². The molecule has 0 aliphatic carbocycles. The summed E-state index contributed by atoms with van der Waals surface area (Å²) in [6.45, 7) is 5.02. The van der Waals surface area contributed by atoms with Crippen molar-refractivity contribution in [2.24, 2.45) is 5.92 Å². The average Bonchev–Trinajstić information content (AvgIpc) is 2.42. The van der Waals surface area contributed by atoms with E-state index in [0.717, 1.165) is 12.8 Å². The number of rotatable bonds is 8. The highest BCUT2D eigenvalue weighted by Crippen LogP contribution is 2.28. The lowest BCUT2D eigenvalue weighted by Crippen LogP contribution is -2.03. The fourth-order valence-electron chi connectivity index (χ4n) is 1.74. The number of carboxylic acid groups (broad SMARTS) is 1. The summed E-state index contributed by atoms with van der Waals surface area (Å²) in [5.41, 5.74) is 0.198. The molecule has 0 heterocycles. The van der Waals surface area contributed by atoms with Gasteiger partial charge >= 0.3 is 5.97 Å². The van der Waals surface area contributed by atoms with Gasteiger partial charge in [0.15, 0.2) is 11.5 Å². The molecule has 1 atom stereocenters. The first kappa shape index (κ1) is 15.3. The molecule has 0 spiro atoms. The van der Waals surface area contributed by atoms with Crippen molar-refractivity contribution in [2.75, 3.05) is 13.7 Å². The Morgan fingerprint density at radius 1 is 1.37 bits per heavy atom. The monoisotopic (exact) mass is 266 g/mol. The zero-order valence-corrected chi connectivity index (χ0v) is 11.8. The second-order valence-electron chi connectivity index (χ2n) is 4.67. The maximum Gasteiger partial charge on any atom is 0.335 e. The Balaban J connectivity index is 2.56. The van der Waals surface area contributed by atoms with Crippen molar-refractivity contribution < 1.29 is 19.4 Å². The fourth-order valence-corrected chi connectivity index (χ4v) is 1.74. The molecule has 1 N–H and O–H groups in total. The van der Waals surface area contributed by atoms with Crippen LogP contribution in [0.5, 0.6) is 11.5 Å². The first-order valence-corrected chi connectivity index (χ1v) is 6.62. The Morgan fingerprint density at radius 3 is 2.68 bits per heavy atom. The molecule has 0 saturated heterocycles. The molecule has 0 aromatic heterocycles. The quantitative estimate of drug-likeness (QED) is 0.730. The lowest BCUT2D eigenvalue weighted by atomic mass is 10.0. The largest absolute Gasteiger partial charge is 0.493 e. The van der Waals surface area contributed by atoms with Gasteiger partial charge in [0.1, 0.15) is 0 Å². The topological polar surface area (TPSA) is 55.8 Å². The highest BCUT2D eigenvalue weighted by molar-refractivity contribution is 5.88. The number of carboxylic acids is 1. The molecule has 4 heteroatoms. The van der Waals surface area contributed by atoms with Crippen LogP contribution in [0, 0.1) is 5.92 Å². The second-order valence-corrected chi connectivity index (χ2v) is 4.67. The van der Waals surface area contributed by atoms with Crippen molar-refractivity contribution in [1.29, 1.82) is 0 Å². The first-order chi connectivity index (χ1) is 9.08. The number of methoxy groups -OCH3 is 1. The predicted octanol–water partition coefficient (Wildman–Crippen LogP) is 3.60. The molecule has 1 rings (SSSR count). The van der Waals surface area contributed by atoms with E-state index in [9.17, 15) is 4.79 Å². The Morgan fingerprint density at radius 2 is 2.11 bits per heavy atom. The molecule has 1 aromatic rings. The van der Waals surface area contributed by atoms with Crippen molar-refractivity contribution in [1.82, 2.24) is 0 Å². The van der Waals surface area contributed by atoms with E-state index in [4.69, 9.17) is 14.6 Å². The van der Waals surface area contributed by atoms with Crippen LogP contribution in [0.2, 0.25) is 0 Å². The number of hydrogen-bond acceptors (Lipinski definition) is 3. The van der Waals surface area contributed by atoms with Gasteiger partial charge in [-0.25, -0.2) is 4.79 Å². The van der Waals surface area contributed by atoms with Crippen LogP contribution < -0.4 is 9.47 Å². The van der Waals surface area contributed by atoms with Crippen molar-refractivity contribution in [2.45, 2.75) is 33.1 Å². The maximum absolute atomic E-state index is 10.9. The lowest BCUT2D eigenvalue weighted by molar-refractivity contribution is 0.0696. The van der Waals surface area contributed by atoms with E-state index in [1.807, 2.05) is 0 Å². The van der Waals surface area contributed by atoms with Crippen LogP contribution in [-0.2, 0) is 0 Å². The normalized spacial score (nSPS) is 11.9. The van der Waals surface area contributed by atoms with E-state index in [1.165, 1.54) is 25.7 Å². The van der Waals surface area contributed by atoms with Gasteiger partial charge < -0.3 is 14.6 Å². The zero-order chi connectivity index (χ0) is 14.3. The molecule has 106 valence electrons. The third-order valence-corrected chi connectivity index (χ3v) is 3.21. The summed E-state index contributed by atoms with van der Waals surface area (Å²) in [5.74, 6) is 0.793. The molecule has 19 heavy (non-hydrogen) atoms. The summed E-state index contributed by atoms with van der Waals surface area (Å²) in [6, 6.07) is 4.65. The van der Waals surface area contributed by atoms with E-state index in [0.29, 0.717) is 24.0 Å². The summed E-state index contributed by atoms with van der Waals surface area (Å²) in [5, 5.41) is 8.90. The van der Waals surface area contributed by atoms with Gasteiger partial charge in [-0.05, 0) is 37.0 Å². The number of hydrogen-bond donors (Lipinski definition) is 1. The van der Waals surface area contributed by atoms with Crippen LogP contribution in [0.1, 0.15) is 43.5 Å². The summed E-state index contributed by atoms with van der Waals surface area (Å²) < 4.78 is 10.8. The summed E-state index contributed by atoms with van der Waals surface area (Å²) in [7, 11) is 1.51. The molecule has 0 aliphatic rings. The summed E-state index contributed by atoms with van der Waals surface area (Å²) in [4.78, 5) is 10.9. The van der Waals surface area contributed by atoms with E-state index in [1.54, 1.807) is 6.07 Å². The minimum Gasteiger partial charge on any atom is -0.493 e. The van der Waals surface area contributed by atoms with Crippen LogP contribution in [0.15, 0.2) is 18.2 Å². The summed E-state index contributed by atoms with van der Waals surface area (Å²) >= 11 is 0. The Hall–Kier alpha value is -1.71. The van der Waals surface area contributed by atoms with Gasteiger partial charge in [0.25, 0.3) is 0 Å². The van der Waals surface area contributed by atoms with Gasteiger partial charge in [-0.15, -0.1) is 0 Å². The Labute approximate surface area is 114 Å². The number of ether oxygens (including phenoxy) is 2. The third kappa shape index (κ3) is 4.81. The van der Waals surface area contributed by atoms with Gasteiger partial charge in [-0.3, -0.25) is 0 Å². The van der Waals surface area contributed by atoms with Crippen LogP contribution >= 0.6 is 0 Å². The molecule has 0 amide bonds. The molecule has 0 fully saturated rings. The summed E-state index contributed by atoms with van der Waals surface area (Å²) in [6.07, 6.45) is 3.29. The SMILES string of the molecule is CC[C@H](C)CCCOc1ccc(C(=O)O)cc1OC. The minimum absolute atomic E-state index is 0.198. The third-order valence-electron chi connectivity index (χ3n) is 3.21. The molecular formula is C15H22O4. The average molecular weight is 266 g/mol. The molecule has 0 saturated carbocycles. The molecule has 0 aliphatic heterocycles. The van der Waals surface area contributed by atoms with E-state index >= 15 is 0 Å². The first-order valence-electron chi connectivity index (χ1n) is 6.62. The highest BCUT2D eigenvalue weighted by Gasteiger charge is 2.10. The standard InChI is InChI=1S/C15H22O4/c1-4-11(2)6-5-9-19-13-8-7-12(15(16)17)10-14(13)18-3/h7-8,10-11H,4-6,9H2,1-3H3,(H,16,17)/t11-/m0/s1. The van der Waals surface area contributed by atoms with Crippen molar-refractivity contribution in [3.63, 3.8) is 0 Å². The number of carbonyl (C=O) groups is 1. The molecule has 0 radical (unpaired) electrons.